The number of allylic oxidation sites excluding steroid dienone is 1. The van der Waals surface area contributed by atoms with Crippen molar-refractivity contribution < 1.29 is 18.3 Å². The van der Waals surface area contributed by atoms with Crippen LogP contribution in [-0.2, 0) is 6.54 Å². The minimum atomic E-state index is -2.95. The summed E-state index contributed by atoms with van der Waals surface area (Å²) in [6, 6.07) is 14.5. The Hall–Kier alpha value is -3.72. The van der Waals surface area contributed by atoms with Gasteiger partial charge in [0.15, 0.2) is 10.9 Å². The Morgan fingerprint density at radius 2 is 1.89 bits per heavy atom. The molecular weight excluding hydrogens is 472 g/mol. The number of ketones is 1. The van der Waals surface area contributed by atoms with Gasteiger partial charge in [0.25, 0.3) is 5.56 Å². The van der Waals surface area contributed by atoms with Crippen LogP contribution in [0.1, 0.15) is 21.7 Å². The normalized spacial score (nSPS) is 11.2. The van der Waals surface area contributed by atoms with Gasteiger partial charge in [0.1, 0.15) is 5.75 Å². The van der Waals surface area contributed by atoms with Crippen LogP contribution in [0.5, 0.6) is 5.75 Å². The molecule has 0 fully saturated rings. The maximum Gasteiger partial charge on any atom is 0.387 e. The highest BCUT2D eigenvalue weighted by molar-refractivity contribution is 7.99. The monoisotopic (exact) mass is 495 g/mol. The molecule has 0 spiro atoms. The van der Waals surface area contributed by atoms with Crippen molar-refractivity contribution in [3.8, 4) is 11.4 Å². The number of aromatic nitrogens is 3. The van der Waals surface area contributed by atoms with Crippen molar-refractivity contribution in [1.82, 2.24) is 14.1 Å². The summed E-state index contributed by atoms with van der Waals surface area (Å²) >= 11 is 1.15. The lowest BCUT2D eigenvalue weighted by atomic mass is 10.2. The number of halogens is 2. The molecule has 4 rings (SSSR count). The highest BCUT2D eigenvalue weighted by Gasteiger charge is 2.19. The van der Waals surface area contributed by atoms with Gasteiger partial charge < -0.3 is 9.30 Å². The average Bonchev–Trinajstić information content (AvgIpc) is 3.12. The minimum Gasteiger partial charge on any atom is -0.435 e. The SMILES string of the molecule is C=CCn1c(C)cc(C(=O)CSc2nc3ccccc3c(=O)n2-c2ccc(OC(F)F)cc2)c1C. The van der Waals surface area contributed by atoms with Crippen LogP contribution >= 0.6 is 11.8 Å². The van der Waals surface area contributed by atoms with Crippen LogP contribution in [0.15, 0.2) is 77.2 Å². The number of carbonyl (C=O) groups excluding carboxylic acids is 1. The number of hydrogen-bond donors (Lipinski definition) is 0. The highest BCUT2D eigenvalue weighted by Crippen LogP contribution is 2.25. The van der Waals surface area contributed by atoms with E-state index < -0.39 is 6.61 Å². The first-order valence-electron chi connectivity index (χ1n) is 10.8. The van der Waals surface area contributed by atoms with Crippen LogP contribution in [-0.4, -0.2) is 32.3 Å². The highest BCUT2D eigenvalue weighted by atomic mass is 32.2. The number of ether oxygens (including phenoxy) is 1. The Labute approximate surface area is 204 Å². The molecule has 6 nitrogen and oxygen atoms in total. The van der Waals surface area contributed by atoms with Crippen molar-refractivity contribution in [2.45, 2.75) is 32.2 Å². The molecule has 2 aromatic carbocycles. The van der Waals surface area contributed by atoms with Gasteiger partial charge in [-0.1, -0.05) is 30.0 Å². The third-order valence-electron chi connectivity index (χ3n) is 5.58. The van der Waals surface area contributed by atoms with E-state index in [0.29, 0.717) is 33.9 Å². The summed E-state index contributed by atoms with van der Waals surface area (Å²) < 4.78 is 32.9. The van der Waals surface area contributed by atoms with Gasteiger partial charge in [-0.2, -0.15) is 8.78 Å². The second-order valence-electron chi connectivity index (χ2n) is 7.82. The van der Waals surface area contributed by atoms with Gasteiger partial charge >= 0.3 is 6.61 Å². The molecule has 2 aromatic heterocycles. The maximum atomic E-state index is 13.4. The Balaban J connectivity index is 1.70. The maximum absolute atomic E-state index is 13.4. The quantitative estimate of drug-likeness (QED) is 0.132. The number of nitrogens with zero attached hydrogens (tertiary/aromatic N) is 3. The molecule has 9 heteroatoms. The minimum absolute atomic E-state index is 0.0233. The smallest absolute Gasteiger partial charge is 0.387 e. The van der Waals surface area contributed by atoms with E-state index in [2.05, 4.69) is 16.3 Å². The Morgan fingerprint density at radius 3 is 2.57 bits per heavy atom. The van der Waals surface area contributed by atoms with Crippen molar-refractivity contribution in [3.05, 3.63) is 94.6 Å². The number of Topliss-reactive ketones (excluding diaryl/α,β-unsaturated/α-hetero) is 1. The predicted molar refractivity (Wildman–Crippen MR) is 133 cm³/mol. The summed E-state index contributed by atoms with van der Waals surface area (Å²) in [4.78, 5) is 31.1. The summed E-state index contributed by atoms with van der Waals surface area (Å²) in [7, 11) is 0. The molecule has 0 unspecified atom stereocenters. The van der Waals surface area contributed by atoms with Crippen LogP contribution < -0.4 is 10.3 Å². The molecule has 0 aliphatic heterocycles. The summed E-state index contributed by atoms with van der Waals surface area (Å²) in [6.07, 6.45) is 1.78. The van der Waals surface area contributed by atoms with Crippen LogP contribution in [0.3, 0.4) is 0 Å². The Morgan fingerprint density at radius 1 is 1.17 bits per heavy atom. The van der Waals surface area contributed by atoms with E-state index in [0.717, 1.165) is 23.1 Å². The van der Waals surface area contributed by atoms with Crippen LogP contribution in [0.2, 0.25) is 0 Å². The molecule has 0 aliphatic rings. The molecule has 0 aliphatic carbocycles. The zero-order valence-electron chi connectivity index (χ0n) is 19.2. The van der Waals surface area contributed by atoms with Crippen molar-refractivity contribution in [1.29, 1.82) is 0 Å². The molecule has 0 amide bonds. The van der Waals surface area contributed by atoms with E-state index in [1.807, 2.05) is 24.5 Å². The number of fused-ring (bicyclic) bond motifs is 1. The van der Waals surface area contributed by atoms with Crippen molar-refractivity contribution in [2.75, 3.05) is 5.75 Å². The van der Waals surface area contributed by atoms with Gasteiger partial charge in [-0.15, -0.1) is 6.58 Å². The fourth-order valence-electron chi connectivity index (χ4n) is 3.91. The van der Waals surface area contributed by atoms with Gasteiger partial charge in [-0.3, -0.25) is 14.2 Å². The molecule has 0 radical (unpaired) electrons. The molecule has 2 heterocycles. The largest absolute Gasteiger partial charge is 0.435 e. The second kappa shape index (κ2) is 10.3. The first-order valence-corrected chi connectivity index (χ1v) is 11.8. The Bertz CT molecular complexity index is 1460. The zero-order valence-corrected chi connectivity index (χ0v) is 20.0. The van der Waals surface area contributed by atoms with Gasteiger partial charge in [-0.05, 0) is 56.3 Å². The zero-order chi connectivity index (χ0) is 25.1. The molecule has 0 atom stereocenters. The van der Waals surface area contributed by atoms with Crippen LogP contribution in [0.4, 0.5) is 8.78 Å². The van der Waals surface area contributed by atoms with Gasteiger partial charge in [0.2, 0.25) is 0 Å². The van der Waals surface area contributed by atoms with Crippen LogP contribution in [0.25, 0.3) is 16.6 Å². The van der Waals surface area contributed by atoms with Crippen LogP contribution in [0, 0.1) is 13.8 Å². The fourth-order valence-corrected chi connectivity index (χ4v) is 4.81. The first-order chi connectivity index (χ1) is 16.8. The summed E-state index contributed by atoms with van der Waals surface area (Å²) in [5.41, 5.74) is 3.03. The van der Waals surface area contributed by atoms with Crippen molar-refractivity contribution in [3.63, 3.8) is 0 Å². The molecule has 35 heavy (non-hydrogen) atoms. The summed E-state index contributed by atoms with van der Waals surface area (Å²) in [5.74, 6) is -0.0479. The van der Waals surface area contributed by atoms with Gasteiger partial charge in [-0.25, -0.2) is 4.98 Å². The lowest BCUT2D eigenvalue weighted by Crippen LogP contribution is -2.22. The number of thioether (sulfide) groups is 1. The number of alkyl halides is 2. The number of benzene rings is 2. The van der Waals surface area contributed by atoms with Gasteiger partial charge in [0, 0.05) is 23.5 Å². The van der Waals surface area contributed by atoms with E-state index in [1.54, 1.807) is 30.3 Å². The van der Waals surface area contributed by atoms with Gasteiger partial charge in [0.05, 0.1) is 22.3 Å². The molecule has 4 aromatic rings. The van der Waals surface area contributed by atoms with E-state index in [1.165, 1.54) is 28.8 Å². The molecule has 0 saturated carbocycles. The lowest BCUT2D eigenvalue weighted by molar-refractivity contribution is -0.0498. The fraction of sp³-hybridized carbons (Fsp3) is 0.192. The average molecular weight is 496 g/mol. The summed E-state index contributed by atoms with van der Waals surface area (Å²) in [5, 5.41) is 0.730. The number of para-hydroxylation sites is 1. The third kappa shape index (κ3) is 5.05. The second-order valence-corrected chi connectivity index (χ2v) is 8.76. The standard InChI is InChI=1S/C26H23F2N3O3S/c1-4-13-30-16(2)14-21(17(30)3)23(32)15-35-26-29-22-8-6-5-7-20(22)24(33)31(26)18-9-11-19(12-10-18)34-25(27)28/h4-12,14,25H,1,13,15H2,2-3H3. The Kier molecular flexibility index (Phi) is 7.16. The predicted octanol–water partition coefficient (Wildman–Crippen LogP) is 5.57. The van der Waals surface area contributed by atoms with Crippen molar-refractivity contribution >= 4 is 28.4 Å². The lowest BCUT2D eigenvalue weighted by Gasteiger charge is -2.14. The molecule has 0 bridgehead atoms. The molecule has 0 saturated heterocycles. The van der Waals surface area contributed by atoms with E-state index in [9.17, 15) is 18.4 Å². The summed E-state index contributed by atoms with van der Waals surface area (Å²) in [6.45, 7) is 5.25. The number of rotatable bonds is 9. The van der Waals surface area contributed by atoms with E-state index in [-0.39, 0.29) is 22.8 Å². The van der Waals surface area contributed by atoms with E-state index in [4.69, 9.17) is 0 Å². The number of aryl methyl sites for hydroxylation is 1. The first kappa shape index (κ1) is 24.4. The number of hydrogen-bond acceptors (Lipinski definition) is 5. The van der Waals surface area contributed by atoms with E-state index >= 15 is 0 Å². The topological polar surface area (TPSA) is 66.1 Å². The molecule has 0 N–H and O–H groups in total. The molecule has 180 valence electrons. The van der Waals surface area contributed by atoms with Crippen molar-refractivity contribution in [2.24, 2.45) is 0 Å². The molecular formula is C26H23F2N3O3S. The number of carbonyl (C=O) groups is 1. The third-order valence-corrected chi connectivity index (χ3v) is 6.52.